The predicted molar refractivity (Wildman–Crippen MR) is 92.9 cm³/mol. The Balaban J connectivity index is 1.81. The zero-order valence-electron chi connectivity index (χ0n) is 12.8. The molecule has 0 fully saturated rings. The van der Waals surface area contributed by atoms with Gasteiger partial charge in [-0.25, -0.2) is 9.59 Å². The molecule has 0 aliphatic carbocycles. The van der Waals surface area contributed by atoms with Gasteiger partial charge in [-0.15, -0.1) is 0 Å². The summed E-state index contributed by atoms with van der Waals surface area (Å²) in [6.45, 7) is 0. The third-order valence-corrected chi connectivity index (χ3v) is 3.66. The molecule has 0 saturated carbocycles. The monoisotopic (exact) mass is 320 g/mol. The number of carbonyl (C=O) groups is 2. The lowest BCUT2D eigenvalue weighted by atomic mass is 10.0. The Morgan fingerprint density at radius 1 is 0.833 bits per heavy atom. The Morgan fingerprint density at radius 2 is 1.50 bits per heavy atom. The fourth-order valence-corrected chi connectivity index (χ4v) is 2.49. The maximum absolute atomic E-state index is 12.1. The maximum Gasteiger partial charge on any atom is 0.330 e. The van der Waals surface area contributed by atoms with Crippen LogP contribution in [-0.2, 0) is 4.79 Å². The molecule has 0 bridgehead atoms. The highest BCUT2D eigenvalue weighted by atomic mass is 16.4. The van der Waals surface area contributed by atoms with Crippen molar-refractivity contribution in [1.29, 1.82) is 0 Å². The van der Waals surface area contributed by atoms with Crippen LogP contribution in [0.1, 0.15) is 11.6 Å². The van der Waals surface area contributed by atoms with Gasteiger partial charge in [0, 0.05) is 5.69 Å². The van der Waals surface area contributed by atoms with E-state index >= 15 is 0 Å². The molecule has 0 aromatic heterocycles. The fraction of sp³-hybridized carbons (Fsp3) is 0.0526. The molecular weight excluding hydrogens is 304 g/mol. The first-order valence-corrected chi connectivity index (χ1v) is 7.47. The van der Waals surface area contributed by atoms with Gasteiger partial charge in [-0.05, 0) is 34.5 Å². The van der Waals surface area contributed by atoms with Crippen LogP contribution in [0.2, 0.25) is 0 Å². The number of fused-ring (bicyclic) bond motifs is 1. The van der Waals surface area contributed by atoms with Crippen molar-refractivity contribution in [2.45, 2.75) is 6.04 Å². The highest BCUT2D eigenvalue weighted by Gasteiger charge is 2.22. The van der Waals surface area contributed by atoms with E-state index in [2.05, 4.69) is 10.6 Å². The first-order valence-electron chi connectivity index (χ1n) is 7.47. The van der Waals surface area contributed by atoms with Crippen molar-refractivity contribution in [3.63, 3.8) is 0 Å². The Hall–Kier alpha value is -3.34. The normalized spacial score (nSPS) is 11.7. The first-order chi connectivity index (χ1) is 11.6. The van der Waals surface area contributed by atoms with Gasteiger partial charge in [0.05, 0.1) is 0 Å². The Labute approximate surface area is 138 Å². The summed E-state index contributed by atoms with van der Waals surface area (Å²) in [6.07, 6.45) is 0. The second-order valence-corrected chi connectivity index (χ2v) is 5.34. The van der Waals surface area contributed by atoms with E-state index in [1.807, 2.05) is 36.4 Å². The number of benzene rings is 3. The van der Waals surface area contributed by atoms with Crippen molar-refractivity contribution in [3.8, 4) is 0 Å². The summed E-state index contributed by atoms with van der Waals surface area (Å²) in [4.78, 5) is 23.7. The Bertz CT molecular complexity index is 878. The van der Waals surface area contributed by atoms with E-state index in [1.165, 1.54) is 0 Å². The Kier molecular flexibility index (Phi) is 4.43. The zero-order chi connectivity index (χ0) is 16.9. The van der Waals surface area contributed by atoms with Gasteiger partial charge in [-0.1, -0.05) is 54.6 Å². The molecule has 2 amide bonds. The standard InChI is InChI=1S/C19H16N2O3/c22-18(23)17(21-19(24)20-16-8-2-1-3-9-16)15-11-10-13-6-4-5-7-14(13)12-15/h1-12,17H,(H,22,23)(H2,20,21,24)/t17-/m1/s1. The van der Waals surface area contributed by atoms with Crippen LogP contribution in [0, 0.1) is 0 Å². The van der Waals surface area contributed by atoms with Gasteiger partial charge >= 0.3 is 12.0 Å². The minimum absolute atomic E-state index is 0.518. The largest absolute Gasteiger partial charge is 0.479 e. The number of rotatable bonds is 4. The minimum Gasteiger partial charge on any atom is -0.479 e. The van der Waals surface area contributed by atoms with Crippen molar-refractivity contribution in [2.75, 3.05) is 5.32 Å². The number of anilines is 1. The predicted octanol–water partition coefficient (Wildman–Crippen LogP) is 3.79. The van der Waals surface area contributed by atoms with Crippen LogP contribution in [0.4, 0.5) is 10.5 Å². The summed E-state index contributed by atoms with van der Waals surface area (Å²) in [5.41, 5.74) is 1.11. The fourth-order valence-electron chi connectivity index (χ4n) is 2.49. The summed E-state index contributed by atoms with van der Waals surface area (Å²) in [5.74, 6) is -1.12. The average molecular weight is 320 g/mol. The molecule has 1 atom stereocenters. The van der Waals surface area contributed by atoms with Crippen LogP contribution >= 0.6 is 0 Å². The van der Waals surface area contributed by atoms with Crippen molar-refractivity contribution in [1.82, 2.24) is 5.32 Å². The molecule has 3 rings (SSSR count). The quantitative estimate of drug-likeness (QED) is 0.684. The lowest BCUT2D eigenvalue weighted by Gasteiger charge is -2.16. The molecule has 5 heteroatoms. The summed E-state index contributed by atoms with van der Waals surface area (Å²) in [6, 6.07) is 20.2. The molecule has 0 saturated heterocycles. The highest BCUT2D eigenvalue weighted by molar-refractivity contribution is 5.93. The zero-order valence-corrected chi connectivity index (χ0v) is 12.8. The molecule has 0 heterocycles. The van der Waals surface area contributed by atoms with Gasteiger partial charge < -0.3 is 15.7 Å². The number of carbonyl (C=O) groups excluding carboxylic acids is 1. The van der Waals surface area contributed by atoms with Gasteiger partial charge in [0.1, 0.15) is 0 Å². The van der Waals surface area contributed by atoms with Crippen LogP contribution < -0.4 is 10.6 Å². The third-order valence-electron chi connectivity index (χ3n) is 3.66. The molecule has 3 aromatic carbocycles. The topological polar surface area (TPSA) is 78.4 Å². The van der Waals surface area contributed by atoms with Crippen molar-refractivity contribution in [2.24, 2.45) is 0 Å². The number of amides is 2. The number of hydrogen-bond donors (Lipinski definition) is 3. The van der Waals surface area contributed by atoms with Gasteiger partial charge in [0.15, 0.2) is 6.04 Å². The molecule has 3 aromatic rings. The number of aliphatic carboxylic acids is 1. The van der Waals surface area contributed by atoms with E-state index in [9.17, 15) is 14.7 Å². The highest BCUT2D eigenvalue weighted by Crippen LogP contribution is 2.21. The molecule has 0 radical (unpaired) electrons. The minimum atomic E-state index is -1.13. The van der Waals surface area contributed by atoms with E-state index in [0.29, 0.717) is 11.3 Å². The number of hydrogen-bond acceptors (Lipinski definition) is 2. The van der Waals surface area contributed by atoms with E-state index in [0.717, 1.165) is 10.8 Å². The summed E-state index contributed by atoms with van der Waals surface area (Å²) < 4.78 is 0. The smallest absolute Gasteiger partial charge is 0.330 e. The Morgan fingerprint density at radius 3 is 2.21 bits per heavy atom. The molecule has 3 N–H and O–H groups in total. The van der Waals surface area contributed by atoms with Crippen LogP contribution in [0.25, 0.3) is 10.8 Å². The summed E-state index contributed by atoms with van der Waals surface area (Å²) in [7, 11) is 0. The third kappa shape index (κ3) is 3.52. The summed E-state index contributed by atoms with van der Waals surface area (Å²) in [5, 5.41) is 16.5. The number of para-hydroxylation sites is 1. The molecule has 0 spiro atoms. The van der Waals surface area contributed by atoms with Crippen LogP contribution in [0.15, 0.2) is 72.8 Å². The lowest BCUT2D eigenvalue weighted by molar-refractivity contribution is -0.139. The number of carboxylic acids is 1. The summed E-state index contributed by atoms with van der Waals surface area (Å²) >= 11 is 0. The van der Waals surface area contributed by atoms with E-state index < -0.39 is 18.0 Å². The molecule has 0 aliphatic rings. The van der Waals surface area contributed by atoms with Crippen molar-refractivity contribution >= 4 is 28.5 Å². The van der Waals surface area contributed by atoms with Gasteiger partial charge in [0.2, 0.25) is 0 Å². The van der Waals surface area contributed by atoms with E-state index in [4.69, 9.17) is 0 Å². The SMILES string of the molecule is O=C(Nc1ccccc1)N[C@@H](C(=O)O)c1ccc2ccccc2c1. The number of carboxylic acid groups (broad SMARTS) is 1. The van der Waals surface area contributed by atoms with Crippen LogP contribution in [0.3, 0.4) is 0 Å². The van der Waals surface area contributed by atoms with Gasteiger partial charge in [0.25, 0.3) is 0 Å². The first kappa shape index (κ1) is 15.6. The molecule has 5 nitrogen and oxygen atoms in total. The van der Waals surface area contributed by atoms with Crippen molar-refractivity contribution < 1.29 is 14.7 Å². The molecule has 0 aliphatic heterocycles. The van der Waals surface area contributed by atoms with Crippen LogP contribution in [-0.4, -0.2) is 17.1 Å². The van der Waals surface area contributed by atoms with Gasteiger partial charge in [-0.3, -0.25) is 0 Å². The van der Waals surface area contributed by atoms with Crippen LogP contribution in [0.5, 0.6) is 0 Å². The van der Waals surface area contributed by atoms with Gasteiger partial charge in [-0.2, -0.15) is 0 Å². The average Bonchev–Trinajstić information content (AvgIpc) is 2.60. The molecule has 24 heavy (non-hydrogen) atoms. The number of urea groups is 1. The molecule has 120 valence electrons. The van der Waals surface area contributed by atoms with E-state index in [-0.39, 0.29) is 0 Å². The second-order valence-electron chi connectivity index (χ2n) is 5.34. The molecular formula is C19H16N2O3. The number of nitrogens with one attached hydrogen (secondary N) is 2. The van der Waals surface area contributed by atoms with E-state index in [1.54, 1.807) is 36.4 Å². The molecule has 0 unspecified atom stereocenters. The maximum atomic E-state index is 12.1. The van der Waals surface area contributed by atoms with Crippen molar-refractivity contribution in [3.05, 3.63) is 78.4 Å². The second kappa shape index (κ2) is 6.83. The lowest BCUT2D eigenvalue weighted by Crippen LogP contribution is -2.36.